The second-order valence-electron chi connectivity index (χ2n) is 4.50. The molecule has 1 heterocycles. The zero-order valence-corrected chi connectivity index (χ0v) is 13.9. The van der Waals surface area contributed by atoms with Gasteiger partial charge in [0.05, 0.1) is 10.5 Å². The maximum atomic E-state index is 12.4. The van der Waals surface area contributed by atoms with E-state index >= 15 is 0 Å². The lowest BCUT2D eigenvalue weighted by Gasteiger charge is -2.08. The van der Waals surface area contributed by atoms with Crippen LogP contribution in [0.3, 0.4) is 0 Å². The van der Waals surface area contributed by atoms with E-state index in [-0.39, 0.29) is 15.1 Å². The Bertz CT molecular complexity index is 863. The van der Waals surface area contributed by atoms with Crippen molar-refractivity contribution in [2.75, 3.05) is 0 Å². The van der Waals surface area contributed by atoms with E-state index in [1.54, 1.807) is 0 Å². The number of benzene rings is 1. The molecule has 1 aromatic carbocycles. The van der Waals surface area contributed by atoms with Crippen LogP contribution in [0.4, 0.5) is 18.9 Å². The van der Waals surface area contributed by atoms with Crippen LogP contribution in [0.5, 0.6) is 0 Å². The first-order valence-corrected chi connectivity index (χ1v) is 8.78. The molecule has 24 heavy (non-hydrogen) atoms. The van der Waals surface area contributed by atoms with Gasteiger partial charge in [-0.3, -0.25) is 10.1 Å². The van der Waals surface area contributed by atoms with Gasteiger partial charge in [-0.2, -0.15) is 13.2 Å². The molecule has 0 saturated heterocycles. The van der Waals surface area contributed by atoms with Crippen molar-refractivity contribution < 1.29 is 26.5 Å². The summed E-state index contributed by atoms with van der Waals surface area (Å²) >= 11 is 6.12. The summed E-state index contributed by atoms with van der Waals surface area (Å²) < 4.78 is 63.0. The number of nitro groups is 1. The van der Waals surface area contributed by atoms with E-state index in [9.17, 15) is 31.7 Å². The highest BCUT2D eigenvalue weighted by atomic mass is 35.5. The van der Waals surface area contributed by atoms with Gasteiger partial charge in [-0.05, 0) is 17.7 Å². The number of nitrogens with one attached hydrogen (secondary N) is 1. The highest BCUT2D eigenvalue weighted by Gasteiger charge is 2.30. The van der Waals surface area contributed by atoms with Crippen molar-refractivity contribution in [1.82, 2.24) is 4.72 Å². The van der Waals surface area contributed by atoms with E-state index in [2.05, 4.69) is 4.72 Å². The van der Waals surface area contributed by atoms with Gasteiger partial charge in [0.2, 0.25) is 0 Å². The first-order valence-electron chi connectivity index (χ1n) is 6.10. The average molecular weight is 401 g/mol. The van der Waals surface area contributed by atoms with E-state index in [1.165, 1.54) is 0 Å². The molecule has 0 fully saturated rings. The van der Waals surface area contributed by atoms with Crippen LogP contribution in [0.1, 0.15) is 11.1 Å². The Labute approximate surface area is 143 Å². The quantitative estimate of drug-likeness (QED) is 0.610. The van der Waals surface area contributed by atoms with Crippen LogP contribution in [-0.4, -0.2) is 13.3 Å². The molecule has 1 N–H and O–H groups in total. The Morgan fingerprint density at radius 1 is 1.25 bits per heavy atom. The third kappa shape index (κ3) is 4.23. The minimum Gasteiger partial charge on any atom is -0.258 e. The molecule has 130 valence electrons. The zero-order chi connectivity index (χ0) is 18.1. The van der Waals surface area contributed by atoms with Crippen LogP contribution in [0, 0.1) is 10.1 Å². The zero-order valence-electron chi connectivity index (χ0n) is 11.5. The lowest BCUT2D eigenvalue weighted by molar-refractivity contribution is -0.384. The van der Waals surface area contributed by atoms with Crippen molar-refractivity contribution in [3.63, 3.8) is 0 Å². The van der Waals surface area contributed by atoms with Crippen LogP contribution < -0.4 is 4.72 Å². The molecule has 0 saturated carbocycles. The Morgan fingerprint density at radius 2 is 1.83 bits per heavy atom. The van der Waals surface area contributed by atoms with Gasteiger partial charge in [0.1, 0.15) is 4.21 Å². The average Bonchev–Trinajstić information content (AvgIpc) is 2.88. The number of thiophene rings is 1. The van der Waals surface area contributed by atoms with E-state index in [0.29, 0.717) is 16.9 Å². The highest BCUT2D eigenvalue weighted by molar-refractivity contribution is 7.91. The van der Waals surface area contributed by atoms with Gasteiger partial charge in [-0.25, -0.2) is 13.1 Å². The summed E-state index contributed by atoms with van der Waals surface area (Å²) in [6.07, 6.45) is -4.48. The Hall–Kier alpha value is -1.69. The fourth-order valence-corrected chi connectivity index (χ4v) is 4.38. The number of rotatable bonds is 5. The SMILES string of the molecule is O=[N+]([O-])c1cc(S(=O)(=O)NCc2ccc(C(F)(F)F)cc2)sc1Cl. The van der Waals surface area contributed by atoms with Crippen LogP contribution in [0.25, 0.3) is 0 Å². The molecule has 12 heteroatoms. The first-order chi connectivity index (χ1) is 11.0. The van der Waals surface area contributed by atoms with Crippen LogP contribution in [0.15, 0.2) is 34.5 Å². The number of halogens is 4. The highest BCUT2D eigenvalue weighted by Crippen LogP contribution is 2.36. The molecule has 2 aromatic rings. The van der Waals surface area contributed by atoms with Crippen LogP contribution in [0.2, 0.25) is 4.34 Å². The van der Waals surface area contributed by atoms with E-state index in [1.807, 2.05) is 0 Å². The molecule has 0 amide bonds. The fraction of sp³-hybridized carbons (Fsp3) is 0.167. The molecule has 0 bridgehead atoms. The summed E-state index contributed by atoms with van der Waals surface area (Å²) in [6.45, 7) is -0.274. The van der Waals surface area contributed by atoms with E-state index in [4.69, 9.17) is 11.6 Å². The molecule has 1 aromatic heterocycles. The Kier molecular flexibility index (Phi) is 5.18. The van der Waals surface area contributed by atoms with Crippen molar-refractivity contribution in [2.24, 2.45) is 0 Å². The number of hydrogen-bond donors (Lipinski definition) is 1. The minimum atomic E-state index is -4.48. The van der Waals surface area contributed by atoms with Crippen molar-refractivity contribution in [3.8, 4) is 0 Å². The van der Waals surface area contributed by atoms with Crippen molar-refractivity contribution in [3.05, 3.63) is 55.9 Å². The summed E-state index contributed by atoms with van der Waals surface area (Å²) in [5.74, 6) is 0. The summed E-state index contributed by atoms with van der Waals surface area (Å²) in [7, 11) is -4.07. The Balaban J connectivity index is 2.13. The number of alkyl halides is 3. The molecule has 0 unspecified atom stereocenters. The third-order valence-corrected chi connectivity index (χ3v) is 6.07. The summed E-state index contributed by atoms with van der Waals surface area (Å²) in [5.41, 5.74) is -1.09. The molecule has 0 aliphatic heterocycles. The van der Waals surface area contributed by atoms with Gasteiger partial charge < -0.3 is 0 Å². The molecular formula is C12H8ClF3N2O4S2. The lowest BCUT2D eigenvalue weighted by atomic mass is 10.1. The standard InChI is InChI=1S/C12H8ClF3N2O4S2/c13-11-9(18(19)20)5-10(23-11)24(21,22)17-6-7-1-3-8(4-2-7)12(14,15)16/h1-5,17H,6H2. The van der Waals surface area contributed by atoms with Crippen LogP contribution >= 0.6 is 22.9 Å². The van der Waals surface area contributed by atoms with Gasteiger partial charge >= 0.3 is 6.18 Å². The van der Waals surface area contributed by atoms with Crippen molar-refractivity contribution >= 4 is 38.6 Å². The Morgan fingerprint density at radius 3 is 2.29 bits per heavy atom. The summed E-state index contributed by atoms with van der Waals surface area (Å²) in [5, 5.41) is 10.7. The number of hydrogen-bond acceptors (Lipinski definition) is 5. The van der Waals surface area contributed by atoms with Crippen LogP contribution in [-0.2, 0) is 22.7 Å². The van der Waals surface area contributed by atoms with E-state index in [0.717, 1.165) is 30.3 Å². The number of nitrogens with zero attached hydrogens (tertiary/aromatic N) is 1. The van der Waals surface area contributed by atoms with Gasteiger partial charge in [0.15, 0.2) is 4.34 Å². The van der Waals surface area contributed by atoms with Crippen molar-refractivity contribution in [1.29, 1.82) is 0 Å². The minimum absolute atomic E-state index is 0.274. The predicted octanol–water partition coefficient (Wildman–Crippen LogP) is 3.81. The topological polar surface area (TPSA) is 89.3 Å². The van der Waals surface area contributed by atoms with E-state index < -0.39 is 32.4 Å². The van der Waals surface area contributed by atoms with Gasteiger partial charge in [-0.1, -0.05) is 23.7 Å². The molecule has 0 spiro atoms. The predicted molar refractivity (Wildman–Crippen MR) is 81.5 cm³/mol. The fourth-order valence-electron chi connectivity index (χ4n) is 1.66. The van der Waals surface area contributed by atoms with Gasteiger partial charge in [-0.15, -0.1) is 11.3 Å². The smallest absolute Gasteiger partial charge is 0.258 e. The summed E-state index contributed by atoms with van der Waals surface area (Å²) in [4.78, 5) is 9.86. The molecule has 2 rings (SSSR count). The number of sulfonamides is 1. The molecular weight excluding hydrogens is 393 g/mol. The van der Waals surface area contributed by atoms with Crippen molar-refractivity contribution in [2.45, 2.75) is 16.9 Å². The normalized spacial score (nSPS) is 12.3. The van der Waals surface area contributed by atoms with Gasteiger partial charge in [0.25, 0.3) is 15.7 Å². The molecule has 0 aliphatic rings. The molecule has 0 aliphatic carbocycles. The second kappa shape index (κ2) is 6.67. The summed E-state index contributed by atoms with van der Waals surface area (Å²) in [6, 6.07) is 4.75. The lowest BCUT2D eigenvalue weighted by Crippen LogP contribution is -2.22. The second-order valence-corrected chi connectivity index (χ2v) is 8.15. The largest absolute Gasteiger partial charge is 0.416 e. The molecule has 6 nitrogen and oxygen atoms in total. The molecule has 0 radical (unpaired) electrons. The maximum absolute atomic E-state index is 12.4. The monoisotopic (exact) mass is 400 g/mol. The third-order valence-electron chi connectivity index (χ3n) is 2.86. The maximum Gasteiger partial charge on any atom is 0.416 e. The molecule has 0 atom stereocenters. The van der Waals surface area contributed by atoms with Gasteiger partial charge in [0, 0.05) is 12.6 Å². The first kappa shape index (κ1) is 18.6.